The van der Waals surface area contributed by atoms with Crippen molar-refractivity contribution in [2.75, 3.05) is 18.1 Å². The minimum atomic E-state index is -0.251. The summed E-state index contributed by atoms with van der Waals surface area (Å²) in [5, 5.41) is 11.7. The van der Waals surface area contributed by atoms with Gasteiger partial charge in [-0.15, -0.1) is 0 Å². The summed E-state index contributed by atoms with van der Waals surface area (Å²) in [6.07, 6.45) is -0.251. The normalized spacial score (nSPS) is 33.0. The van der Waals surface area contributed by atoms with E-state index in [1.165, 1.54) is 0 Å². The van der Waals surface area contributed by atoms with E-state index in [2.05, 4.69) is 5.32 Å². The summed E-state index contributed by atoms with van der Waals surface area (Å²) >= 11 is 1.79. The van der Waals surface area contributed by atoms with Crippen molar-refractivity contribution in [3.05, 3.63) is 0 Å². The van der Waals surface area contributed by atoms with E-state index in [1.54, 1.807) is 11.8 Å². The van der Waals surface area contributed by atoms with Crippen molar-refractivity contribution < 1.29 is 5.11 Å². The highest BCUT2D eigenvalue weighted by molar-refractivity contribution is 7.99. The number of thioether (sulfide) groups is 1. The van der Waals surface area contributed by atoms with Gasteiger partial charge in [0.25, 0.3) is 0 Å². The minimum absolute atomic E-state index is 0.251. The molecule has 1 aliphatic rings. The Morgan fingerprint density at radius 2 is 2.57 bits per heavy atom. The molecule has 2 N–H and O–H groups in total. The maximum Gasteiger partial charge on any atom is 0.114 e. The molecule has 1 atom stereocenters. The first-order valence-corrected chi connectivity index (χ1v) is 3.54. The number of aliphatic hydroxyl groups is 1. The van der Waals surface area contributed by atoms with Gasteiger partial charge in [-0.3, -0.25) is 5.32 Å². The second-order valence-electron chi connectivity index (χ2n) is 1.54. The molecule has 0 aromatic carbocycles. The van der Waals surface area contributed by atoms with Gasteiger partial charge in [0.2, 0.25) is 0 Å². The molecule has 0 bridgehead atoms. The highest BCUT2D eigenvalue weighted by Gasteiger charge is 2.06. The molecular formula is C4H9NOS. The predicted molar refractivity (Wildman–Crippen MR) is 31.3 cm³/mol. The van der Waals surface area contributed by atoms with Crippen molar-refractivity contribution in [1.29, 1.82) is 0 Å². The monoisotopic (exact) mass is 119 g/mol. The van der Waals surface area contributed by atoms with E-state index in [1.807, 2.05) is 0 Å². The Morgan fingerprint density at radius 1 is 1.71 bits per heavy atom. The van der Waals surface area contributed by atoms with E-state index in [-0.39, 0.29) is 6.23 Å². The molecule has 1 heterocycles. The van der Waals surface area contributed by atoms with Crippen molar-refractivity contribution in [2.24, 2.45) is 0 Å². The van der Waals surface area contributed by atoms with Gasteiger partial charge >= 0.3 is 0 Å². The fourth-order valence-corrected chi connectivity index (χ4v) is 1.32. The quantitative estimate of drug-likeness (QED) is 0.457. The van der Waals surface area contributed by atoms with Crippen LogP contribution in [0.3, 0.4) is 0 Å². The van der Waals surface area contributed by atoms with Crippen LogP contribution in [0.2, 0.25) is 0 Å². The first-order chi connectivity index (χ1) is 3.39. The molecule has 1 fully saturated rings. The van der Waals surface area contributed by atoms with Crippen LogP contribution in [0.25, 0.3) is 0 Å². The van der Waals surface area contributed by atoms with Gasteiger partial charge in [-0.2, -0.15) is 11.8 Å². The summed E-state index contributed by atoms with van der Waals surface area (Å²) in [5.74, 6) is 1.98. The molecule has 0 aromatic rings. The number of aliphatic hydroxyl groups excluding tert-OH is 1. The van der Waals surface area contributed by atoms with Crippen LogP contribution >= 0.6 is 11.8 Å². The molecule has 0 aromatic heterocycles. The molecule has 3 heteroatoms. The fourth-order valence-electron chi connectivity index (χ4n) is 0.552. The van der Waals surface area contributed by atoms with Gasteiger partial charge in [0.05, 0.1) is 0 Å². The third-order valence-corrected chi connectivity index (χ3v) is 1.95. The molecule has 0 amide bonds. The molecule has 2 nitrogen and oxygen atoms in total. The van der Waals surface area contributed by atoms with Crippen LogP contribution in [-0.4, -0.2) is 29.4 Å². The van der Waals surface area contributed by atoms with Crippen LogP contribution in [0.5, 0.6) is 0 Å². The highest BCUT2D eigenvalue weighted by Crippen LogP contribution is 2.04. The molecule has 0 spiro atoms. The second kappa shape index (κ2) is 2.55. The van der Waals surface area contributed by atoms with Gasteiger partial charge in [0.1, 0.15) is 6.23 Å². The molecule has 7 heavy (non-hydrogen) atoms. The van der Waals surface area contributed by atoms with Gasteiger partial charge in [-0.25, -0.2) is 0 Å². The van der Waals surface area contributed by atoms with Crippen LogP contribution in [0.4, 0.5) is 0 Å². The van der Waals surface area contributed by atoms with Crippen molar-refractivity contribution in [3.63, 3.8) is 0 Å². The van der Waals surface area contributed by atoms with Gasteiger partial charge in [-0.05, 0) is 0 Å². The summed E-state index contributed by atoms with van der Waals surface area (Å²) in [6, 6.07) is 0. The summed E-state index contributed by atoms with van der Waals surface area (Å²) in [4.78, 5) is 0. The van der Waals surface area contributed by atoms with Crippen LogP contribution in [0.1, 0.15) is 0 Å². The summed E-state index contributed by atoms with van der Waals surface area (Å²) < 4.78 is 0. The zero-order chi connectivity index (χ0) is 5.11. The average Bonchev–Trinajstić information content (AvgIpc) is 1.69. The topological polar surface area (TPSA) is 32.3 Å². The van der Waals surface area contributed by atoms with E-state index in [4.69, 9.17) is 5.11 Å². The predicted octanol–water partition coefficient (Wildman–Crippen LogP) is -0.359. The highest BCUT2D eigenvalue weighted by atomic mass is 32.2. The lowest BCUT2D eigenvalue weighted by molar-refractivity contribution is 0.161. The number of nitrogens with one attached hydrogen (secondary N) is 1. The standard InChI is InChI=1S/C4H9NOS/c6-4-3-7-2-1-5-4/h4-6H,1-3H2. The Labute approximate surface area is 47.3 Å². The van der Waals surface area contributed by atoms with Gasteiger partial charge in [-0.1, -0.05) is 0 Å². The Balaban J connectivity index is 2.12. The first kappa shape index (κ1) is 5.41. The Hall–Kier alpha value is 0.270. The zero-order valence-electron chi connectivity index (χ0n) is 4.05. The molecule has 0 saturated carbocycles. The van der Waals surface area contributed by atoms with Crippen LogP contribution in [-0.2, 0) is 0 Å². The maximum absolute atomic E-state index is 8.78. The van der Waals surface area contributed by atoms with Gasteiger partial charge in [0.15, 0.2) is 0 Å². The SMILES string of the molecule is OC1CSCCN1. The van der Waals surface area contributed by atoms with E-state index in [0.717, 1.165) is 18.1 Å². The number of hydrogen-bond donors (Lipinski definition) is 2. The summed E-state index contributed by atoms with van der Waals surface area (Å²) in [5.41, 5.74) is 0. The molecule has 1 aliphatic heterocycles. The Kier molecular flexibility index (Phi) is 1.97. The molecule has 0 radical (unpaired) electrons. The van der Waals surface area contributed by atoms with Crippen molar-refractivity contribution in [3.8, 4) is 0 Å². The lowest BCUT2D eigenvalue weighted by Crippen LogP contribution is -2.36. The third kappa shape index (κ3) is 1.67. The average molecular weight is 119 g/mol. The van der Waals surface area contributed by atoms with Crippen LogP contribution < -0.4 is 5.32 Å². The number of hydrogen-bond acceptors (Lipinski definition) is 3. The smallest absolute Gasteiger partial charge is 0.114 e. The first-order valence-electron chi connectivity index (χ1n) is 2.39. The molecular weight excluding hydrogens is 110 g/mol. The van der Waals surface area contributed by atoms with Gasteiger partial charge in [0, 0.05) is 18.1 Å². The molecule has 1 saturated heterocycles. The largest absolute Gasteiger partial charge is 0.378 e. The van der Waals surface area contributed by atoms with Crippen LogP contribution in [0.15, 0.2) is 0 Å². The van der Waals surface area contributed by atoms with Crippen molar-refractivity contribution in [2.45, 2.75) is 6.23 Å². The molecule has 1 rings (SSSR count). The molecule has 1 unspecified atom stereocenters. The van der Waals surface area contributed by atoms with E-state index < -0.39 is 0 Å². The zero-order valence-corrected chi connectivity index (χ0v) is 4.87. The lowest BCUT2D eigenvalue weighted by atomic mass is 10.6. The van der Waals surface area contributed by atoms with Gasteiger partial charge < -0.3 is 5.11 Å². The van der Waals surface area contributed by atoms with E-state index in [9.17, 15) is 0 Å². The second-order valence-corrected chi connectivity index (χ2v) is 2.69. The third-order valence-electron chi connectivity index (χ3n) is 0.902. The minimum Gasteiger partial charge on any atom is -0.378 e. The lowest BCUT2D eigenvalue weighted by Gasteiger charge is -2.16. The van der Waals surface area contributed by atoms with Crippen molar-refractivity contribution in [1.82, 2.24) is 5.32 Å². The summed E-state index contributed by atoms with van der Waals surface area (Å²) in [7, 11) is 0. The Morgan fingerprint density at radius 3 is 2.86 bits per heavy atom. The van der Waals surface area contributed by atoms with E-state index >= 15 is 0 Å². The van der Waals surface area contributed by atoms with Crippen LogP contribution in [0, 0.1) is 0 Å². The van der Waals surface area contributed by atoms with E-state index in [0.29, 0.717) is 0 Å². The maximum atomic E-state index is 8.78. The summed E-state index contributed by atoms with van der Waals surface area (Å²) in [6.45, 7) is 0.950. The molecule has 0 aliphatic carbocycles. The Bertz CT molecular complexity index is 53.7. The molecule has 42 valence electrons. The van der Waals surface area contributed by atoms with Crippen molar-refractivity contribution >= 4 is 11.8 Å². The fraction of sp³-hybridized carbons (Fsp3) is 1.00. The number of rotatable bonds is 0.